The molecule has 0 heterocycles. The summed E-state index contributed by atoms with van der Waals surface area (Å²) in [6, 6.07) is 0. The van der Waals surface area contributed by atoms with Gasteiger partial charge in [-0.05, 0) is 26.2 Å². The third-order valence-corrected chi connectivity index (χ3v) is 4.54. The van der Waals surface area contributed by atoms with Crippen molar-refractivity contribution in [1.29, 1.82) is 0 Å². The van der Waals surface area contributed by atoms with E-state index < -0.39 is 48.3 Å². The number of aliphatic carboxylic acids is 1. The molecule has 0 radical (unpaired) electrons. The Kier molecular flexibility index (Phi) is 15.4. The highest BCUT2D eigenvalue weighted by Gasteiger charge is 2.24. The van der Waals surface area contributed by atoms with Crippen LogP contribution in [0.1, 0.15) is 91.9 Å². The minimum Gasteiger partial charge on any atom is -0.481 e. The molecular formula is C22H38O9. The molecule has 0 amide bonds. The number of carbonyl (C=O) groups excluding carboxylic acids is 3. The molecule has 0 saturated heterocycles. The first-order valence-electron chi connectivity index (χ1n) is 11.1. The zero-order valence-electron chi connectivity index (χ0n) is 19.1. The van der Waals surface area contributed by atoms with Crippen LogP contribution in [0.5, 0.6) is 0 Å². The van der Waals surface area contributed by atoms with Crippen molar-refractivity contribution in [3.63, 3.8) is 0 Å². The first-order valence-corrected chi connectivity index (χ1v) is 11.1. The maximum Gasteiger partial charge on any atom is 0.309 e. The van der Waals surface area contributed by atoms with E-state index in [1.54, 1.807) is 6.92 Å². The quantitative estimate of drug-likeness (QED) is 0.255. The number of carbonyl (C=O) groups is 4. The van der Waals surface area contributed by atoms with E-state index in [0.717, 1.165) is 12.8 Å². The molecule has 0 saturated carbocycles. The van der Waals surface area contributed by atoms with Crippen molar-refractivity contribution in [3.05, 3.63) is 0 Å². The third kappa shape index (κ3) is 15.3. The Labute approximate surface area is 184 Å². The maximum absolute atomic E-state index is 12.3. The normalized spacial score (nSPS) is 14.7. The number of unbranched alkanes of at least 4 members (excludes halogenated alkanes) is 1. The van der Waals surface area contributed by atoms with Crippen LogP contribution in [0.4, 0.5) is 0 Å². The van der Waals surface area contributed by atoms with Gasteiger partial charge in [-0.25, -0.2) is 0 Å². The molecule has 0 aliphatic rings. The predicted octanol–water partition coefficient (Wildman–Crippen LogP) is 3.15. The van der Waals surface area contributed by atoms with E-state index in [1.165, 1.54) is 6.92 Å². The highest BCUT2D eigenvalue weighted by Crippen LogP contribution is 2.15. The Morgan fingerprint density at radius 2 is 1.29 bits per heavy atom. The Hall–Kier alpha value is -2.16. The number of aliphatic hydroxyl groups is 1. The van der Waals surface area contributed by atoms with Gasteiger partial charge in [0.1, 0.15) is 18.3 Å². The fourth-order valence-corrected chi connectivity index (χ4v) is 2.93. The average Bonchev–Trinajstić information content (AvgIpc) is 2.64. The summed E-state index contributed by atoms with van der Waals surface area (Å²) in [6.45, 7) is 7.11. The van der Waals surface area contributed by atoms with Gasteiger partial charge in [0.2, 0.25) is 0 Å². The highest BCUT2D eigenvalue weighted by atomic mass is 16.6. The Morgan fingerprint density at radius 3 is 1.84 bits per heavy atom. The molecule has 0 aliphatic carbocycles. The van der Waals surface area contributed by atoms with Crippen LogP contribution in [-0.4, -0.2) is 58.5 Å². The minimum atomic E-state index is -1.08. The van der Waals surface area contributed by atoms with Crippen LogP contribution in [0.25, 0.3) is 0 Å². The van der Waals surface area contributed by atoms with Crippen molar-refractivity contribution >= 4 is 23.9 Å². The van der Waals surface area contributed by atoms with Crippen LogP contribution in [-0.2, 0) is 33.4 Å². The average molecular weight is 447 g/mol. The van der Waals surface area contributed by atoms with Crippen LogP contribution in [0, 0.1) is 0 Å². The highest BCUT2D eigenvalue weighted by molar-refractivity contribution is 5.74. The van der Waals surface area contributed by atoms with Gasteiger partial charge in [-0.15, -0.1) is 0 Å². The summed E-state index contributed by atoms with van der Waals surface area (Å²) in [7, 11) is 0. The van der Waals surface area contributed by atoms with Gasteiger partial charge in [-0.3, -0.25) is 19.2 Å². The van der Waals surface area contributed by atoms with Crippen molar-refractivity contribution in [3.8, 4) is 0 Å². The molecule has 2 N–H and O–H groups in total. The summed E-state index contributed by atoms with van der Waals surface area (Å²) in [5, 5.41) is 18.6. The Balaban J connectivity index is 4.59. The first kappa shape index (κ1) is 28.8. The third-order valence-electron chi connectivity index (χ3n) is 4.54. The molecule has 9 heteroatoms. The molecule has 0 aromatic carbocycles. The Morgan fingerprint density at radius 1 is 0.742 bits per heavy atom. The predicted molar refractivity (Wildman–Crippen MR) is 112 cm³/mol. The monoisotopic (exact) mass is 446 g/mol. The molecule has 9 nitrogen and oxygen atoms in total. The summed E-state index contributed by atoms with van der Waals surface area (Å²) in [5.41, 5.74) is 0. The summed E-state index contributed by atoms with van der Waals surface area (Å²) < 4.78 is 15.7. The zero-order valence-corrected chi connectivity index (χ0v) is 19.1. The number of rotatable bonds is 17. The van der Waals surface area contributed by atoms with Gasteiger partial charge in [-0.2, -0.15) is 0 Å². The van der Waals surface area contributed by atoms with Gasteiger partial charge in [0.25, 0.3) is 0 Å². The lowest BCUT2D eigenvalue weighted by atomic mass is 10.1. The summed E-state index contributed by atoms with van der Waals surface area (Å²) in [5.74, 6) is -2.88. The van der Waals surface area contributed by atoms with E-state index >= 15 is 0 Å². The molecule has 31 heavy (non-hydrogen) atoms. The van der Waals surface area contributed by atoms with Gasteiger partial charge in [0, 0.05) is 0 Å². The molecule has 4 atom stereocenters. The van der Waals surface area contributed by atoms with Crippen molar-refractivity contribution in [1.82, 2.24) is 0 Å². The minimum absolute atomic E-state index is 0.118. The maximum atomic E-state index is 12.3. The van der Waals surface area contributed by atoms with E-state index in [-0.39, 0.29) is 25.7 Å². The van der Waals surface area contributed by atoms with Gasteiger partial charge in [0.05, 0.1) is 31.8 Å². The van der Waals surface area contributed by atoms with Crippen LogP contribution < -0.4 is 0 Å². The van der Waals surface area contributed by atoms with Crippen LogP contribution in [0.2, 0.25) is 0 Å². The molecular weight excluding hydrogens is 408 g/mol. The molecule has 0 spiro atoms. The molecule has 0 bridgehead atoms. The summed E-state index contributed by atoms with van der Waals surface area (Å²) in [6.07, 6.45) is 0.102. The number of aliphatic hydroxyl groups excluding tert-OH is 1. The number of ether oxygens (including phenoxy) is 3. The SMILES string of the molecule is CCCCC(O)CC(=O)OC(CCC)CC(=O)OC(CC)CC(=O)OC(C)CC(=O)O. The second kappa shape index (κ2) is 16.5. The number of carboxylic acids is 1. The van der Waals surface area contributed by atoms with Crippen molar-refractivity contribution in [2.75, 3.05) is 0 Å². The molecule has 0 rings (SSSR count). The lowest BCUT2D eigenvalue weighted by Gasteiger charge is -2.21. The standard InChI is InChI=1S/C22H38O9/c1-5-8-10-16(23)12-20(26)31-18(9-6-2)14-22(28)30-17(7-3)13-21(27)29-15(4)11-19(24)25/h15-18,23H,5-14H2,1-4H3,(H,24,25). The molecule has 0 aromatic rings. The lowest BCUT2D eigenvalue weighted by molar-refractivity contribution is -0.161. The number of carboxylic acid groups (broad SMARTS) is 1. The Bertz CT molecular complexity index is 561. The van der Waals surface area contributed by atoms with E-state index in [1.807, 2.05) is 13.8 Å². The summed E-state index contributed by atoms with van der Waals surface area (Å²) >= 11 is 0. The van der Waals surface area contributed by atoms with Crippen molar-refractivity contribution in [2.24, 2.45) is 0 Å². The smallest absolute Gasteiger partial charge is 0.309 e. The second-order valence-corrected chi connectivity index (χ2v) is 7.73. The zero-order chi connectivity index (χ0) is 23.8. The topological polar surface area (TPSA) is 136 Å². The van der Waals surface area contributed by atoms with E-state index in [0.29, 0.717) is 25.7 Å². The molecule has 180 valence electrons. The van der Waals surface area contributed by atoms with Gasteiger partial charge in [-0.1, -0.05) is 40.0 Å². The van der Waals surface area contributed by atoms with E-state index in [9.17, 15) is 24.3 Å². The first-order chi connectivity index (χ1) is 14.6. The second-order valence-electron chi connectivity index (χ2n) is 7.73. The molecule has 0 aromatic heterocycles. The van der Waals surface area contributed by atoms with Crippen LogP contribution in [0.15, 0.2) is 0 Å². The fraction of sp³-hybridized carbons (Fsp3) is 0.818. The number of hydrogen-bond donors (Lipinski definition) is 2. The van der Waals surface area contributed by atoms with Gasteiger partial charge in [0.15, 0.2) is 0 Å². The summed E-state index contributed by atoms with van der Waals surface area (Å²) in [4.78, 5) is 46.9. The van der Waals surface area contributed by atoms with Crippen molar-refractivity contribution < 1.29 is 43.6 Å². The van der Waals surface area contributed by atoms with Gasteiger partial charge >= 0.3 is 23.9 Å². The van der Waals surface area contributed by atoms with Gasteiger partial charge < -0.3 is 24.4 Å². The van der Waals surface area contributed by atoms with Crippen LogP contribution in [0.3, 0.4) is 0 Å². The lowest BCUT2D eigenvalue weighted by Crippen LogP contribution is -2.28. The number of hydrogen-bond acceptors (Lipinski definition) is 8. The molecule has 4 unspecified atom stereocenters. The van der Waals surface area contributed by atoms with E-state index in [2.05, 4.69) is 0 Å². The van der Waals surface area contributed by atoms with Crippen LogP contribution >= 0.6 is 0 Å². The molecule has 0 aliphatic heterocycles. The fourth-order valence-electron chi connectivity index (χ4n) is 2.93. The van der Waals surface area contributed by atoms with Crippen molar-refractivity contribution in [2.45, 2.75) is 116 Å². The molecule has 0 fully saturated rings. The van der Waals surface area contributed by atoms with E-state index in [4.69, 9.17) is 19.3 Å². The number of esters is 3. The largest absolute Gasteiger partial charge is 0.481 e.